The Balaban J connectivity index is 1.86. The molecule has 0 radical (unpaired) electrons. The predicted molar refractivity (Wildman–Crippen MR) is 117 cm³/mol. The number of benzene rings is 1. The first-order chi connectivity index (χ1) is 16.3. The molecule has 1 saturated heterocycles. The van der Waals surface area contributed by atoms with E-state index in [1.54, 1.807) is 18.2 Å². The van der Waals surface area contributed by atoms with Gasteiger partial charge in [-0.2, -0.15) is 0 Å². The number of nitrogens with zero attached hydrogens (tertiary/aromatic N) is 1. The summed E-state index contributed by atoms with van der Waals surface area (Å²) in [6, 6.07) is 5.42. The van der Waals surface area contributed by atoms with Gasteiger partial charge in [0.1, 0.15) is 11.5 Å². The highest BCUT2D eigenvalue weighted by Gasteiger charge is 2.34. The van der Waals surface area contributed by atoms with Gasteiger partial charge in [-0.25, -0.2) is 14.4 Å². The summed E-state index contributed by atoms with van der Waals surface area (Å²) in [4.78, 5) is 48.6. The van der Waals surface area contributed by atoms with Gasteiger partial charge < -0.3 is 29.1 Å². The molecular weight excluding hydrogens is 448 g/mol. The number of ether oxygens (including phenoxy) is 3. The van der Waals surface area contributed by atoms with Crippen LogP contribution in [-0.4, -0.2) is 54.7 Å². The predicted octanol–water partition coefficient (Wildman–Crippen LogP) is 2.36. The Morgan fingerprint density at radius 3 is 2.65 bits per heavy atom. The minimum absolute atomic E-state index is 0.00978. The van der Waals surface area contributed by atoms with E-state index in [1.807, 2.05) is 0 Å². The number of furan rings is 1. The summed E-state index contributed by atoms with van der Waals surface area (Å²) in [5.74, 6) is -1.75. The number of rotatable bonds is 10. The van der Waals surface area contributed by atoms with E-state index in [0.29, 0.717) is 17.5 Å². The molecular formula is C23H22N2O9. The van der Waals surface area contributed by atoms with Gasteiger partial charge in [0.05, 0.1) is 20.8 Å². The molecule has 0 spiro atoms. The van der Waals surface area contributed by atoms with Gasteiger partial charge >= 0.3 is 18.0 Å². The zero-order valence-electron chi connectivity index (χ0n) is 18.5. The molecule has 11 heteroatoms. The molecule has 1 aromatic heterocycles. The van der Waals surface area contributed by atoms with E-state index in [9.17, 15) is 19.2 Å². The van der Waals surface area contributed by atoms with Crippen molar-refractivity contribution in [2.24, 2.45) is 0 Å². The second-order valence-corrected chi connectivity index (χ2v) is 7.02. The van der Waals surface area contributed by atoms with Crippen LogP contribution in [0.2, 0.25) is 0 Å². The average Bonchev–Trinajstić information content (AvgIpc) is 3.38. The zero-order valence-corrected chi connectivity index (χ0v) is 18.5. The second-order valence-electron chi connectivity index (χ2n) is 7.02. The molecule has 0 saturated carbocycles. The maximum atomic E-state index is 12.8. The van der Waals surface area contributed by atoms with Gasteiger partial charge in [0.2, 0.25) is 5.76 Å². The van der Waals surface area contributed by atoms with Crippen LogP contribution in [0.15, 0.2) is 47.0 Å². The Labute approximate surface area is 194 Å². The highest BCUT2D eigenvalue weighted by molar-refractivity contribution is 6.13. The molecule has 2 N–H and O–H groups in total. The molecule has 1 aliphatic heterocycles. The van der Waals surface area contributed by atoms with Gasteiger partial charge in [0, 0.05) is 5.56 Å². The fraction of sp³-hybridized carbons (Fsp3) is 0.217. The number of carbonyl (C=O) groups is 4. The normalized spacial score (nSPS) is 14.2. The minimum Gasteiger partial charge on any atom is -0.493 e. The van der Waals surface area contributed by atoms with E-state index in [-0.39, 0.29) is 35.3 Å². The van der Waals surface area contributed by atoms with Crippen molar-refractivity contribution in [2.45, 2.75) is 13.0 Å². The topological polar surface area (TPSA) is 145 Å². The van der Waals surface area contributed by atoms with Crippen LogP contribution in [0.1, 0.15) is 27.4 Å². The van der Waals surface area contributed by atoms with Crippen LogP contribution in [0.4, 0.5) is 4.79 Å². The maximum absolute atomic E-state index is 12.8. The van der Waals surface area contributed by atoms with Crippen LogP contribution in [0.3, 0.4) is 0 Å². The van der Waals surface area contributed by atoms with E-state index in [2.05, 4.69) is 16.6 Å². The number of allylic oxidation sites excluding steroid dienone is 1. The van der Waals surface area contributed by atoms with E-state index in [4.69, 9.17) is 19.0 Å². The van der Waals surface area contributed by atoms with Crippen molar-refractivity contribution in [3.05, 3.63) is 65.3 Å². The first-order valence-corrected chi connectivity index (χ1v) is 9.95. The zero-order chi connectivity index (χ0) is 24.8. The number of imide groups is 1. The Morgan fingerprint density at radius 1 is 1.24 bits per heavy atom. The third-order valence-electron chi connectivity index (χ3n) is 4.71. The molecule has 1 aliphatic rings. The highest BCUT2D eigenvalue weighted by Crippen LogP contribution is 2.34. The number of methoxy groups -OCH3 is 2. The lowest BCUT2D eigenvalue weighted by molar-refractivity contribution is -0.139. The molecule has 34 heavy (non-hydrogen) atoms. The van der Waals surface area contributed by atoms with Gasteiger partial charge in [-0.05, 0) is 42.3 Å². The fourth-order valence-corrected chi connectivity index (χ4v) is 3.23. The first kappa shape index (κ1) is 24.1. The van der Waals surface area contributed by atoms with Crippen molar-refractivity contribution in [3.8, 4) is 11.5 Å². The number of carboxylic acids is 1. The molecule has 0 aliphatic carbocycles. The number of urea groups is 1. The van der Waals surface area contributed by atoms with Crippen LogP contribution in [0, 0.1) is 0 Å². The van der Waals surface area contributed by atoms with Gasteiger partial charge in [-0.1, -0.05) is 6.08 Å². The summed E-state index contributed by atoms with van der Waals surface area (Å²) in [5, 5.41) is 11.4. The third-order valence-corrected chi connectivity index (χ3v) is 4.71. The van der Waals surface area contributed by atoms with Crippen molar-refractivity contribution in [3.63, 3.8) is 0 Å². The Morgan fingerprint density at radius 2 is 2.00 bits per heavy atom. The number of nitrogens with one attached hydrogen (secondary N) is 1. The SMILES string of the molecule is C=CCc1cc(C=C2NC(=O)N(Cc3ccc(C(=O)OC)o3)C2=O)cc(OC)c1OCC(=O)O. The number of amides is 3. The quantitative estimate of drug-likeness (QED) is 0.231. The maximum Gasteiger partial charge on any atom is 0.373 e. The Hall–Kier alpha value is -4.54. The standard InChI is InChI=1S/C23H22N2O9/c1-4-5-14-8-13(10-18(31-2)20(14)33-12-19(26)27)9-16-21(28)25(23(30)24-16)11-15-6-7-17(34-15)22(29)32-3/h4,6-10H,1,5,11-12H2,2-3H3,(H,24,30)(H,26,27). The lowest BCUT2D eigenvalue weighted by Crippen LogP contribution is -2.30. The van der Waals surface area contributed by atoms with Crippen LogP contribution in [-0.2, 0) is 27.3 Å². The van der Waals surface area contributed by atoms with Crippen LogP contribution < -0.4 is 14.8 Å². The lowest BCUT2D eigenvalue weighted by atomic mass is 10.0. The van der Waals surface area contributed by atoms with Crippen LogP contribution in [0.5, 0.6) is 11.5 Å². The summed E-state index contributed by atoms with van der Waals surface area (Å²) >= 11 is 0. The van der Waals surface area contributed by atoms with Gasteiger partial charge in [-0.3, -0.25) is 9.69 Å². The number of carboxylic acid groups (broad SMARTS) is 1. The molecule has 0 bridgehead atoms. The molecule has 3 amide bonds. The van der Waals surface area contributed by atoms with E-state index in [0.717, 1.165) is 4.90 Å². The fourth-order valence-electron chi connectivity index (χ4n) is 3.23. The minimum atomic E-state index is -1.15. The highest BCUT2D eigenvalue weighted by atomic mass is 16.5. The number of aliphatic carboxylic acids is 1. The molecule has 0 atom stereocenters. The van der Waals surface area contributed by atoms with Crippen molar-refractivity contribution >= 4 is 30.0 Å². The van der Waals surface area contributed by atoms with Gasteiger partial charge in [-0.15, -0.1) is 6.58 Å². The summed E-state index contributed by atoms with van der Waals surface area (Å²) < 4.78 is 20.6. The molecule has 0 unspecified atom stereocenters. The number of carbonyl (C=O) groups excluding carboxylic acids is 3. The van der Waals surface area contributed by atoms with Crippen LogP contribution in [0.25, 0.3) is 6.08 Å². The molecule has 2 aromatic rings. The number of hydrogen-bond acceptors (Lipinski definition) is 8. The molecule has 1 aromatic carbocycles. The van der Waals surface area contributed by atoms with Crippen molar-refractivity contribution in [2.75, 3.05) is 20.8 Å². The first-order valence-electron chi connectivity index (χ1n) is 9.95. The smallest absolute Gasteiger partial charge is 0.373 e. The van der Waals surface area contributed by atoms with Crippen molar-refractivity contribution in [1.82, 2.24) is 10.2 Å². The summed E-state index contributed by atoms with van der Waals surface area (Å²) in [7, 11) is 2.60. The third kappa shape index (κ3) is 5.26. The van der Waals surface area contributed by atoms with Crippen molar-refractivity contribution in [1.29, 1.82) is 0 Å². The van der Waals surface area contributed by atoms with E-state index >= 15 is 0 Å². The number of hydrogen-bond donors (Lipinski definition) is 2. The lowest BCUT2D eigenvalue weighted by Gasteiger charge is -2.15. The summed E-state index contributed by atoms with van der Waals surface area (Å²) in [6.07, 6.45) is 3.41. The molecule has 11 nitrogen and oxygen atoms in total. The summed E-state index contributed by atoms with van der Waals surface area (Å²) in [6.45, 7) is 2.94. The largest absolute Gasteiger partial charge is 0.493 e. The van der Waals surface area contributed by atoms with Crippen molar-refractivity contribution < 1.29 is 42.9 Å². The molecule has 3 rings (SSSR count). The molecule has 178 valence electrons. The summed E-state index contributed by atoms with van der Waals surface area (Å²) in [5.41, 5.74) is 1.10. The number of esters is 1. The molecule has 1 fully saturated rings. The van der Waals surface area contributed by atoms with E-state index in [1.165, 1.54) is 32.4 Å². The van der Waals surface area contributed by atoms with Crippen LogP contribution >= 0.6 is 0 Å². The average molecular weight is 470 g/mol. The monoisotopic (exact) mass is 470 g/mol. The molecule has 2 heterocycles. The van der Waals surface area contributed by atoms with E-state index < -0.39 is 30.5 Å². The Kier molecular flexibility index (Phi) is 7.36. The second kappa shape index (κ2) is 10.4. The van der Waals surface area contributed by atoms with Gasteiger partial charge in [0.25, 0.3) is 5.91 Å². The Bertz CT molecular complexity index is 1180. The van der Waals surface area contributed by atoms with Gasteiger partial charge in [0.15, 0.2) is 18.1 Å².